The third kappa shape index (κ3) is 4.12. The van der Waals surface area contributed by atoms with Gasteiger partial charge in [-0.05, 0) is 45.7 Å². The van der Waals surface area contributed by atoms with E-state index >= 15 is 0 Å². The van der Waals surface area contributed by atoms with Crippen LogP contribution in [0.3, 0.4) is 0 Å². The molecule has 2 heterocycles. The van der Waals surface area contributed by atoms with Crippen molar-refractivity contribution in [1.82, 2.24) is 14.9 Å². The topological polar surface area (TPSA) is 89.5 Å². The van der Waals surface area contributed by atoms with E-state index in [2.05, 4.69) is 9.97 Å². The maximum absolute atomic E-state index is 12.8. The summed E-state index contributed by atoms with van der Waals surface area (Å²) in [5.74, 6) is -0.181. The van der Waals surface area contributed by atoms with Gasteiger partial charge in [0.15, 0.2) is 14.9 Å². The molecule has 7 nitrogen and oxygen atoms in total. The highest BCUT2D eigenvalue weighted by molar-refractivity contribution is 7.91. The number of benzene rings is 1. The van der Waals surface area contributed by atoms with E-state index in [1.54, 1.807) is 39.0 Å². The van der Waals surface area contributed by atoms with Crippen LogP contribution < -0.4 is 0 Å². The number of sulfone groups is 1. The molecule has 1 fully saturated rings. The minimum Gasteiger partial charge on any atom is -0.444 e. The number of hydrogen-bond acceptors (Lipinski definition) is 6. The van der Waals surface area contributed by atoms with Crippen molar-refractivity contribution in [3.63, 3.8) is 0 Å². The van der Waals surface area contributed by atoms with Gasteiger partial charge in [-0.25, -0.2) is 18.2 Å². The second-order valence-electron chi connectivity index (χ2n) is 7.45. The lowest BCUT2D eigenvalue weighted by atomic mass is 10.2. The van der Waals surface area contributed by atoms with Crippen molar-refractivity contribution >= 4 is 27.0 Å². The van der Waals surface area contributed by atoms with Gasteiger partial charge >= 0.3 is 6.09 Å². The number of carbonyl (C=O) groups is 1. The highest BCUT2D eigenvalue weighted by Gasteiger charge is 2.36. The highest BCUT2D eigenvalue weighted by Crippen LogP contribution is 2.24. The van der Waals surface area contributed by atoms with Crippen LogP contribution in [0.1, 0.15) is 33.6 Å². The van der Waals surface area contributed by atoms with Crippen molar-refractivity contribution in [2.75, 3.05) is 12.3 Å². The van der Waals surface area contributed by atoms with Crippen LogP contribution in [0.15, 0.2) is 35.5 Å². The number of fused-ring (bicyclic) bond motifs is 1. The van der Waals surface area contributed by atoms with Crippen LogP contribution in [0, 0.1) is 0 Å². The summed E-state index contributed by atoms with van der Waals surface area (Å²) in [4.78, 5) is 22.3. The maximum Gasteiger partial charge on any atom is 0.410 e. The van der Waals surface area contributed by atoms with Gasteiger partial charge in [-0.15, -0.1) is 0 Å². The fraction of sp³-hybridized carbons (Fsp3) is 0.500. The first kappa shape index (κ1) is 18.6. The Hall–Kier alpha value is -2.22. The number of likely N-dealkylation sites (tertiary alicyclic amines) is 1. The fourth-order valence-corrected chi connectivity index (χ4v) is 4.47. The summed E-state index contributed by atoms with van der Waals surface area (Å²) in [6.07, 6.45) is 2.19. The summed E-state index contributed by atoms with van der Waals surface area (Å²) in [5.41, 5.74) is 0.555. The van der Waals surface area contributed by atoms with Gasteiger partial charge in [-0.3, -0.25) is 4.98 Å². The minimum absolute atomic E-state index is 0.0627. The first-order valence-corrected chi connectivity index (χ1v) is 10.3. The second-order valence-corrected chi connectivity index (χ2v) is 9.43. The number of ether oxygens (including phenoxy) is 1. The summed E-state index contributed by atoms with van der Waals surface area (Å²) in [6, 6.07) is 6.70. The Bertz CT molecular complexity index is 921. The van der Waals surface area contributed by atoms with Gasteiger partial charge in [0.05, 0.1) is 23.0 Å². The number of hydrogen-bond donors (Lipinski definition) is 0. The molecule has 0 bridgehead atoms. The summed E-state index contributed by atoms with van der Waals surface area (Å²) in [7, 11) is -3.67. The van der Waals surface area contributed by atoms with E-state index in [4.69, 9.17) is 4.74 Å². The van der Waals surface area contributed by atoms with Crippen molar-refractivity contribution in [3.8, 4) is 0 Å². The Labute approximate surface area is 153 Å². The molecule has 0 aliphatic carbocycles. The molecule has 1 amide bonds. The lowest BCUT2D eigenvalue weighted by molar-refractivity contribution is 0.0241. The van der Waals surface area contributed by atoms with Crippen molar-refractivity contribution in [2.24, 2.45) is 0 Å². The Morgan fingerprint density at radius 1 is 1.27 bits per heavy atom. The standard InChI is InChI=1S/C18H23N3O4S/c1-18(2,3)25-17(22)21-10-6-7-13(21)12-26(23,24)16-11-19-14-8-4-5-9-15(14)20-16/h4-5,8-9,11,13H,6-7,10,12H2,1-3H3/t13-/m0/s1. The third-order valence-corrected chi connectivity index (χ3v) is 5.82. The third-order valence-electron chi connectivity index (χ3n) is 4.16. The molecule has 140 valence electrons. The predicted molar refractivity (Wildman–Crippen MR) is 97.6 cm³/mol. The summed E-state index contributed by atoms with van der Waals surface area (Å²) < 4.78 is 31.0. The fourth-order valence-electron chi connectivity index (χ4n) is 3.00. The smallest absolute Gasteiger partial charge is 0.410 e. The summed E-state index contributed by atoms with van der Waals surface area (Å²) in [6.45, 7) is 5.87. The molecule has 0 N–H and O–H groups in total. The Balaban J connectivity index is 1.80. The van der Waals surface area contributed by atoms with Gasteiger partial charge < -0.3 is 9.64 Å². The van der Waals surface area contributed by atoms with E-state index in [-0.39, 0.29) is 10.8 Å². The van der Waals surface area contributed by atoms with Gasteiger partial charge in [0.25, 0.3) is 0 Å². The van der Waals surface area contributed by atoms with Crippen LogP contribution in [0.5, 0.6) is 0 Å². The molecule has 0 radical (unpaired) electrons. The van der Waals surface area contributed by atoms with Crippen LogP contribution in [-0.2, 0) is 14.6 Å². The van der Waals surface area contributed by atoms with E-state index in [0.29, 0.717) is 24.0 Å². The number of amides is 1. The molecular weight excluding hydrogens is 354 g/mol. The molecule has 8 heteroatoms. The number of para-hydroxylation sites is 2. The highest BCUT2D eigenvalue weighted by atomic mass is 32.2. The van der Waals surface area contributed by atoms with Gasteiger partial charge in [-0.2, -0.15) is 0 Å². The van der Waals surface area contributed by atoms with Gasteiger partial charge in [0, 0.05) is 12.6 Å². The van der Waals surface area contributed by atoms with E-state index < -0.39 is 27.6 Å². The summed E-state index contributed by atoms with van der Waals surface area (Å²) in [5, 5.41) is -0.0627. The van der Waals surface area contributed by atoms with E-state index in [9.17, 15) is 13.2 Å². The van der Waals surface area contributed by atoms with Crippen LogP contribution in [0.2, 0.25) is 0 Å². The molecule has 0 unspecified atom stereocenters. The van der Waals surface area contributed by atoms with Crippen LogP contribution >= 0.6 is 0 Å². The zero-order chi connectivity index (χ0) is 18.9. The van der Waals surface area contributed by atoms with Gasteiger partial charge in [-0.1, -0.05) is 12.1 Å². The molecule has 3 rings (SSSR count). The molecule has 0 saturated carbocycles. The normalized spacial score (nSPS) is 18.3. The predicted octanol–water partition coefficient (Wildman–Crippen LogP) is 2.80. The van der Waals surface area contributed by atoms with Crippen LogP contribution in [-0.4, -0.2) is 53.3 Å². The molecule has 1 aliphatic rings. The molecule has 1 aromatic heterocycles. The summed E-state index contributed by atoms with van der Waals surface area (Å²) >= 11 is 0. The monoisotopic (exact) mass is 377 g/mol. The molecule has 1 saturated heterocycles. The molecular formula is C18H23N3O4S. The zero-order valence-corrected chi connectivity index (χ0v) is 16.0. The Morgan fingerprint density at radius 2 is 1.96 bits per heavy atom. The molecule has 1 aromatic carbocycles. The van der Waals surface area contributed by atoms with Gasteiger partial charge in [0.2, 0.25) is 0 Å². The number of rotatable bonds is 3. The molecule has 0 spiro atoms. The first-order chi connectivity index (χ1) is 12.2. The van der Waals surface area contributed by atoms with E-state index in [1.807, 2.05) is 6.07 Å². The molecule has 2 aromatic rings. The minimum atomic E-state index is -3.67. The van der Waals surface area contributed by atoms with Crippen LogP contribution in [0.4, 0.5) is 4.79 Å². The SMILES string of the molecule is CC(C)(C)OC(=O)N1CCC[C@H]1CS(=O)(=O)c1cnc2ccccc2n1. The van der Waals surface area contributed by atoms with E-state index in [0.717, 1.165) is 6.42 Å². The van der Waals surface area contributed by atoms with Crippen molar-refractivity contribution < 1.29 is 17.9 Å². The molecule has 1 aliphatic heterocycles. The van der Waals surface area contributed by atoms with Crippen molar-refractivity contribution in [2.45, 2.75) is 50.3 Å². The van der Waals surface area contributed by atoms with Crippen LogP contribution in [0.25, 0.3) is 11.0 Å². The average molecular weight is 377 g/mol. The van der Waals surface area contributed by atoms with Crippen molar-refractivity contribution in [3.05, 3.63) is 30.5 Å². The Kier molecular flexibility index (Phi) is 4.88. The Morgan fingerprint density at radius 3 is 2.65 bits per heavy atom. The van der Waals surface area contributed by atoms with Crippen molar-refractivity contribution in [1.29, 1.82) is 0 Å². The lowest BCUT2D eigenvalue weighted by Crippen LogP contribution is -2.42. The lowest BCUT2D eigenvalue weighted by Gasteiger charge is -2.28. The maximum atomic E-state index is 12.8. The zero-order valence-electron chi connectivity index (χ0n) is 15.2. The number of aromatic nitrogens is 2. The quantitative estimate of drug-likeness (QED) is 0.817. The molecule has 26 heavy (non-hydrogen) atoms. The largest absolute Gasteiger partial charge is 0.444 e. The van der Waals surface area contributed by atoms with E-state index in [1.165, 1.54) is 11.1 Å². The average Bonchev–Trinajstić information content (AvgIpc) is 3.00. The first-order valence-electron chi connectivity index (χ1n) is 8.60. The number of carbonyl (C=O) groups excluding carboxylic acids is 1. The molecule has 1 atom stereocenters. The van der Waals surface area contributed by atoms with Gasteiger partial charge in [0.1, 0.15) is 5.60 Å². The second kappa shape index (κ2) is 6.83. The number of nitrogens with zero attached hydrogens (tertiary/aromatic N) is 3.